The number of rotatable bonds is 3. The lowest BCUT2D eigenvalue weighted by Crippen LogP contribution is -2.42. The second-order valence-corrected chi connectivity index (χ2v) is 6.69. The summed E-state index contributed by atoms with van der Waals surface area (Å²) < 4.78 is 1.13. The molecule has 3 nitrogen and oxygen atoms in total. The molecule has 0 atom stereocenters. The quantitative estimate of drug-likeness (QED) is 0.805. The lowest BCUT2D eigenvalue weighted by molar-refractivity contribution is 0.233. The van der Waals surface area contributed by atoms with Gasteiger partial charge in [0.25, 0.3) is 0 Å². The van der Waals surface area contributed by atoms with Crippen molar-refractivity contribution in [1.29, 1.82) is 0 Å². The van der Waals surface area contributed by atoms with Crippen LogP contribution in [0.15, 0.2) is 42.6 Å². The first-order chi connectivity index (χ1) is 10.9. The zero-order valence-corrected chi connectivity index (χ0v) is 13.2. The van der Waals surface area contributed by atoms with Crippen LogP contribution in [0, 0.1) is 6.07 Å². The van der Waals surface area contributed by atoms with Gasteiger partial charge in [0.05, 0.1) is 10.2 Å². The van der Waals surface area contributed by atoms with Gasteiger partial charge in [0.1, 0.15) is 0 Å². The Labute approximate surface area is 134 Å². The summed E-state index contributed by atoms with van der Waals surface area (Å²) in [5.41, 5.74) is 3.68. The summed E-state index contributed by atoms with van der Waals surface area (Å²) in [6.07, 6.45) is 1.80. The van der Waals surface area contributed by atoms with Gasteiger partial charge < -0.3 is 5.32 Å². The third-order valence-electron chi connectivity index (χ3n) is 4.07. The maximum atomic E-state index is 4.39. The van der Waals surface area contributed by atoms with Crippen LogP contribution in [-0.2, 0) is 6.54 Å². The molecule has 1 aromatic carbocycles. The summed E-state index contributed by atoms with van der Waals surface area (Å²) in [6, 6.07) is 16.2. The molecule has 1 N–H and O–H groups in total. The molecule has 0 unspecified atom stereocenters. The van der Waals surface area contributed by atoms with E-state index < -0.39 is 0 Å². The highest BCUT2D eigenvalue weighted by atomic mass is 32.1. The highest BCUT2D eigenvalue weighted by Gasteiger charge is 2.10. The molecule has 1 aliphatic heterocycles. The fraction of sp³-hybridized carbons (Fsp3) is 0.278. The minimum Gasteiger partial charge on any atom is -0.314 e. The van der Waals surface area contributed by atoms with Gasteiger partial charge in [0.2, 0.25) is 0 Å². The Morgan fingerprint density at radius 2 is 2.00 bits per heavy atom. The molecular weight excluding hydrogens is 290 g/mol. The molecule has 1 radical (unpaired) electrons. The largest absolute Gasteiger partial charge is 0.314 e. The van der Waals surface area contributed by atoms with Crippen molar-refractivity contribution in [2.75, 3.05) is 26.2 Å². The van der Waals surface area contributed by atoms with Gasteiger partial charge in [-0.2, -0.15) is 0 Å². The van der Waals surface area contributed by atoms with E-state index in [1.165, 1.54) is 16.0 Å². The Bertz CT molecular complexity index is 724. The van der Waals surface area contributed by atoms with Gasteiger partial charge in [-0.05, 0) is 23.3 Å². The summed E-state index contributed by atoms with van der Waals surface area (Å²) in [6.45, 7) is 5.52. The second kappa shape index (κ2) is 6.16. The topological polar surface area (TPSA) is 28.2 Å². The molecule has 0 amide bonds. The van der Waals surface area contributed by atoms with Gasteiger partial charge in [-0.25, -0.2) is 0 Å². The molecule has 4 rings (SSSR count). The van der Waals surface area contributed by atoms with Crippen molar-refractivity contribution in [3.8, 4) is 10.4 Å². The van der Waals surface area contributed by atoms with E-state index in [1.807, 2.05) is 6.07 Å². The van der Waals surface area contributed by atoms with E-state index in [1.54, 1.807) is 17.5 Å². The lowest BCUT2D eigenvalue weighted by Gasteiger charge is -2.27. The summed E-state index contributed by atoms with van der Waals surface area (Å²) in [4.78, 5) is 8.16. The van der Waals surface area contributed by atoms with E-state index in [0.717, 1.165) is 42.9 Å². The maximum Gasteiger partial charge on any atom is 0.0822 e. The highest BCUT2D eigenvalue weighted by molar-refractivity contribution is 7.22. The van der Waals surface area contributed by atoms with Crippen molar-refractivity contribution in [3.05, 3.63) is 54.2 Å². The number of piperazine rings is 1. The van der Waals surface area contributed by atoms with Gasteiger partial charge in [-0.1, -0.05) is 24.3 Å². The van der Waals surface area contributed by atoms with E-state index >= 15 is 0 Å². The third kappa shape index (κ3) is 2.90. The van der Waals surface area contributed by atoms with Gasteiger partial charge in [0.15, 0.2) is 0 Å². The summed E-state index contributed by atoms with van der Waals surface area (Å²) in [5.74, 6) is 0. The van der Waals surface area contributed by atoms with Gasteiger partial charge in [0, 0.05) is 49.9 Å². The molecule has 0 bridgehead atoms. The minimum atomic E-state index is 1.03. The van der Waals surface area contributed by atoms with Crippen molar-refractivity contribution < 1.29 is 0 Å². The molecule has 1 fully saturated rings. The number of hydrogen-bond acceptors (Lipinski definition) is 4. The summed E-state index contributed by atoms with van der Waals surface area (Å²) in [7, 11) is 0. The van der Waals surface area contributed by atoms with Crippen LogP contribution in [0.3, 0.4) is 0 Å². The number of pyridine rings is 1. The average molecular weight is 308 g/mol. The monoisotopic (exact) mass is 308 g/mol. The fourth-order valence-corrected chi connectivity index (χ4v) is 3.84. The Balaban J connectivity index is 1.53. The van der Waals surface area contributed by atoms with Crippen LogP contribution in [0.1, 0.15) is 5.56 Å². The smallest absolute Gasteiger partial charge is 0.0822 e. The number of benzene rings is 1. The van der Waals surface area contributed by atoms with E-state index in [0.29, 0.717) is 0 Å². The first-order valence-electron chi connectivity index (χ1n) is 7.67. The predicted octanol–water partition coefficient (Wildman–Crippen LogP) is 3.17. The van der Waals surface area contributed by atoms with Crippen molar-refractivity contribution in [1.82, 2.24) is 15.2 Å². The van der Waals surface area contributed by atoms with Crippen LogP contribution < -0.4 is 5.32 Å². The minimum absolute atomic E-state index is 1.03. The third-order valence-corrected chi connectivity index (χ3v) is 5.17. The van der Waals surface area contributed by atoms with Gasteiger partial charge >= 0.3 is 0 Å². The van der Waals surface area contributed by atoms with E-state index in [4.69, 9.17) is 0 Å². The molecule has 22 heavy (non-hydrogen) atoms. The Kier molecular flexibility index (Phi) is 3.89. The molecular formula is C18H18N3S. The van der Waals surface area contributed by atoms with Crippen LogP contribution in [0.25, 0.3) is 20.7 Å². The molecule has 0 aliphatic carbocycles. The molecule has 0 saturated carbocycles. The molecule has 0 spiro atoms. The average Bonchev–Trinajstić information content (AvgIpc) is 3.00. The van der Waals surface area contributed by atoms with Crippen LogP contribution in [-0.4, -0.2) is 36.1 Å². The molecule has 1 saturated heterocycles. The normalized spacial score (nSPS) is 16.2. The Morgan fingerprint density at radius 3 is 2.77 bits per heavy atom. The number of thiophene rings is 1. The molecule has 111 valence electrons. The van der Waals surface area contributed by atoms with Crippen LogP contribution in [0.2, 0.25) is 0 Å². The van der Waals surface area contributed by atoms with Gasteiger partial charge in [-0.15, -0.1) is 11.3 Å². The number of nitrogens with one attached hydrogen (secondary N) is 1. The molecule has 4 heteroatoms. The molecule has 2 aromatic heterocycles. The van der Waals surface area contributed by atoms with Crippen LogP contribution in [0.5, 0.6) is 0 Å². The highest BCUT2D eigenvalue weighted by Crippen LogP contribution is 2.32. The molecule has 3 aromatic rings. The van der Waals surface area contributed by atoms with Gasteiger partial charge in [-0.3, -0.25) is 9.88 Å². The van der Waals surface area contributed by atoms with Crippen molar-refractivity contribution in [3.63, 3.8) is 0 Å². The van der Waals surface area contributed by atoms with E-state index in [2.05, 4.69) is 51.6 Å². The molecule has 1 aliphatic rings. The number of fused-ring (bicyclic) bond motifs is 1. The number of hydrogen-bond donors (Lipinski definition) is 1. The number of aromatic nitrogens is 1. The standard InChI is InChI=1S/C18H18N3S/c1-2-17-16(20-7-1)12-18(22-17)15-5-3-14(4-6-15)13-21-10-8-19-9-11-21/h1,3-7,12,19H,8-11,13H2. The zero-order chi connectivity index (χ0) is 14.8. The summed E-state index contributed by atoms with van der Waals surface area (Å²) in [5, 5.41) is 3.39. The number of nitrogens with zero attached hydrogens (tertiary/aromatic N) is 2. The SMILES string of the molecule is [c]1ccnc2cc(-c3ccc(CN4CCNCC4)cc3)sc12. The van der Waals surface area contributed by atoms with Crippen LogP contribution >= 0.6 is 11.3 Å². The second-order valence-electron chi connectivity index (χ2n) is 5.64. The Morgan fingerprint density at radius 1 is 1.18 bits per heavy atom. The first kappa shape index (κ1) is 13.9. The van der Waals surface area contributed by atoms with E-state index in [-0.39, 0.29) is 0 Å². The molecule has 3 heterocycles. The zero-order valence-electron chi connectivity index (χ0n) is 12.4. The van der Waals surface area contributed by atoms with Crippen molar-refractivity contribution >= 4 is 21.6 Å². The predicted molar refractivity (Wildman–Crippen MR) is 92.0 cm³/mol. The summed E-state index contributed by atoms with van der Waals surface area (Å²) >= 11 is 1.76. The Hall–Kier alpha value is -1.75. The lowest BCUT2D eigenvalue weighted by atomic mass is 10.1. The van der Waals surface area contributed by atoms with Crippen molar-refractivity contribution in [2.24, 2.45) is 0 Å². The maximum absolute atomic E-state index is 4.39. The fourth-order valence-electron chi connectivity index (χ4n) is 2.86. The van der Waals surface area contributed by atoms with Crippen LogP contribution in [0.4, 0.5) is 0 Å². The first-order valence-corrected chi connectivity index (χ1v) is 8.49. The van der Waals surface area contributed by atoms with E-state index in [9.17, 15) is 0 Å². The van der Waals surface area contributed by atoms with Crippen molar-refractivity contribution in [2.45, 2.75) is 6.54 Å².